The average molecular weight is 312 g/mol. The van der Waals surface area contributed by atoms with Crippen LogP contribution >= 0.6 is 0 Å². The van der Waals surface area contributed by atoms with Crippen molar-refractivity contribution < 1.29 is 19.0 Å². The van der Waals surface area contributed by atoms with Gasteiger partial charge in [-0.25, -0.2) is 0 Å². The largest absolute Gasteiger partial charge is 0.496 e. The second-order valence-electron chi connectivity index (χ2n) is 5.66. The van der Waals surface area contributed by atoms with Crippen molar-refractivity contribution in [2.75, 3.05) is 7.11 Å². The van der Waals surface area contributed by atoms with Gasteiger partial charge in [0.05, 0.1) is 7.11 Å². The standard InChI is InChI=1S/C19H20O4/c1-12-17(22-13(2)20)11-18-15(19(12)21-3)9-10-16(23-18)14-7-5-4-6-8-14/h4-8,11,16H,9-10H2,1-3H3/t16-/m0/s1. The third-order valence-electron chi connectivity index (χ3n) is 4.10. The smallest absolute Gasteiger partial charge is 0.308 e. The fourth-order valence-corrected chi connectivity index (χ4v) is 3.03. The number of hydrogen-bond donors (Lipinski definition) is 0. The van der Waals surface area contributed by atoms with E-state index in [1.54, 1.807) is 13.2 Å². The monoisotopic (exact) mass is 312 g/mol. The Morgan fingerprint density at radius 2 is 2.00 bits per heavy atom. The van der Waals surface area contributed by atoms with Crippen LogP contribution in [0.25, 0.3) is 0 Å². The number of carbonyl (C=O) groups is 1. The number of carbonyl (C=O) groups excluding carboxylic acids is 1. The minimum Gasteiger partial charge on any atom is -0.496 e. The molecule has 0 unspecified atom stereocenters. The molecule has 0 aromatic heterocycles. The molecule has 0 radical (unpaired) electrons. The molecule has 0 N–H and O–H groups in total. The molecule has 0 saturated carbocycles. The quantitative estimate of drug-likeness (QED) is 0.635. The van der Waals surface area contributed by atoms with Crippen molar-refractivity contribution in [3.8, 4) is 17.2 Å². The number of esters is 1. The molecule has 1 atom stereocenters. The van der Waals surface area contributed by atoms with E-state index in [9.17, 15) is 4.79 Å². The molecule has 0 aliphatic carbocycles. The van der Waals surface area contributed by atoms with Crippen molar-refractivity contribution >= 4 is 5.97 Å². The molecule has 2 aromatic carbocycles. The highest BCUT2D eigenvalue weighted by molar-refractivity contribution is 5.71. The van der Waals surface area contributed by atoms with Crippen molar-refractivity contribution in [1.82, 2.24) is 0 Å². The highest BCUT2D eigenvalue weighted by Gasteiger charge is 2.27. The van der Waals surface area contributed by atoms with Crippen LogP contribution in [0.1, 0.15) is 36.1 Å². The number of fused-ring (bicyclic) bond motifs is 1. The zero-order valence-corrected chi connectivity index (χ0v) is 13.6. The Morgan fingerprint density at radius 1 is 1.26 bits per heavy atom. The summed E-state index contributed by atoms with van der Waals surface area (Å²) in [6.45, 7) is 3.28. The second-order valence-corrected chi connectivity index (χ2v) is 5.66. The Morgan fingerprint density at radius 3 is 2.65 bits per heavy atom. The van der Waals surface area contributed by atoms with Gasteiger partial charge in [-0.2, -0.15) is 0 Å². The summed E-state index contributed by atoms with van der Waals surface area (Å²) in [4.78, 5) is 11.3. The van der Waals surface area contributed by atoms with Crippen molar-refractivity contribution in [2.45, 2.75) is 32.8 Å². The number of ether oxygens (including phenoxy) is 3. The van der Waals surface area contributed by atoms with Crippen LogP contribution in [0.3, 0.4) is 0 Å². The van der Waals surface area contributed by atoms with E-state index in [1.165, 1.54) is 6.92 Å². The van der Waals surface area contributed by atoms with Gasteiger partial charge in [-0.05, 0) is 25.3 Å². The summed E-state index contributed by atoms with van der Waals surface area (Å²) in [7, 11) is 1.63. The van der Waals surface area contributed by atoms with Crippen LogP contribution in [0.15, 0.2) is 36.4 Å². The van der Waals surface area contributed by atoms with E-state index in [0.29, 0.717) is 5.75 Å². The van der Waals surface area contributed by atoms with Gasteiger partial charge in [0, 0.05) is 24.1 Å². The highest BCUT2D eigenvalue weighted by atomic mass is 16.5. The van der Waals surface area contributed by atoms with E-state index in [0.717, 1.165) is 41.0 Å². The minimum absolute atomic E-state index is 0.00119. The third-order valence-corrected chi connectivity index (χ3v) is 4.10. The summed E-state index contributed by atoms with van der Waals surface area (Å²) >= 11 is 0. The SMILES string of the molecule is COc1c(C)c(OC(C)=O)cc2c1CC[C@@H](c1ccccc1)O2. The molecule has 1 heterocycles. The van der Waals surface area contributed by atoms with E-state index in [1.807, 2.05) is 25.1 Å². The van der Waals surface area contributed by atoms with Crippen molar-refractivity contribution in [3.05, 3.63) is 53.1 Å². The van der Waals surface area contributed by atoms with Crippen LogP contribution in [0.5, 0.6) is 17.2 Å². The normalized spacial score (nSPS) is 16.2. The molecule has 4 heteroatoms. The Balaban J connectivity index is 1.99. The van der Waals surface area contributed by atoms with E-state index in [2.05, 4.69) is 12.1 Å². The number of methoxy groups -OCH3 is 1. The third kappa shape index (κ3) is 3.02. The first-order valence-electron chi connectivity index (χ1n) is 7.70. The lowest BCUT2D eigenvalue weighted by atomic mass is 9.95. The van der Waals surface area contributed by atoms with Gasteiger partial charge < -0.3 is 14.2 Å². The summed E-state index contributed by atoms with van der Waals surface area (Å²) in [5.74, 6) is 1.60. The zero-order chi connectivity index (χ0) is 16.4. The lowest BCUT2D eigenvalue weighted by molar-refractivity contribution is -0.131. The van der Waals surface area contributed by atoms with Gasteiger partial charge in [0.1, 0.15) is 23.4 Å². The Hall–Kier alpha value is -2.49. The zero-order valence-electron chi connectivity index (χ0n) is 13.6. The molecule has 1 aliphatic rings. The van der Waals surface area contributed by atoms with Gasteiger partial charge in [-0.15, -0.1) is 0 Å². The first kappa shape index (κ1) is 15.4. The number of hydrogen-bond acceptors (Lipinski definition) is 4. The van der Waals surface area contributed by atoms with Crippen LogP contribution < -0.4 is 14.2 Å². The van der Waals surface area contributed by atoms with Crippen LogP contribution in [-0.2, 0) is 11.2 Å². The molecule has 0 fully saturated rings. The summed E-state index contributed by atoms with van der Waals surface area (Å²) in [6, 6.07) is 11.9. The van der Waals surface area contributed by atoms with Gasteiger partial charge in [0.25, 0.3) is 0 Å². The first-order valence-corrected chi connectivity index (χ1v) is 7.70. The summed E-state index contributed by atoms with van der Waals surface area (Å²) in [6.07, 6.45) is 1.75. The maximum atomic E-state index is 11.3. The van der Waals surface area contributed by atoms with E-state index in [-0.39, 0.29) is 12.1 Å². The minimum atomic E-state index is -0.356. The molecule has 23 heavy (non-hydrogen) atoms. The molecule has 0 bridgehead atoms. The van der Waals surface area contributed by atoms with Crippen molar-refractivity contribution in [1.29, 1.82) is 0 Å². The summed E-state index contributed by atoms with van der Waals surface area (Å²) < 4.78 is 17.0. The van der Waals surface area contributed by atoms with E-state index in [4.69, 9.17) is 14.2 Å². The molecule has 0 amide bonds. The molecule has 0 spiro atoms. The first-order chi connectivity index (χ1) is 11.1. The predicted octanol–water partition coefficient (Wildman–Crippen LogP) is 4.00. The van der Waals surface area contributed by atoms with Crippen LogP contribution in [0.4, 0.5) is 0 Å². The molecule has 1 aliphatic heterocycles. The second kappa shape index (κ2) is 6.32. The molecule has 120 valence electrons. The summed E-state index contributed by atoms with van der Waals surface area (Å²) in [5, 5.41) is 0. The van der Waals surface area contributed by atoms with E-state index >= 15 is 0 Å². The molecule has 3 rings (SSSR count). The topological polar surface area (TPSA) is 44.8 Å². The molecule has 4 nitrogen and oxygen atoms in total. The lowest BCUT2D eigenvalue weighted by Crippen LogP contribution is -2.17. The predicted molar refractivity (Wildman–Crippen MR) is 87.2 cm³/mol. The van der Waals surface area contributed by atoms with Crippen LogP contribution in [0.2, 0.25) is 0 Å². The fraction of sp³-hybridized carbons (Fsp3) is 0.316. The molecular weight excluding hydrogens is 292 g/mol. The summed E-state index contributed by atoms with van der Waals surface area (Å²) in [5.41, 5.74) is 3.00. The fourth-order valence-electron chi connectivity index (χ4n) is 3.03. The highest BCUT2D eigenvalue weighted by Crippen LogP contribution is 2.44. The maximum Gasteiger partial charge on any atom is 0.308 e. The molecular formula is C19H20O4. The van der Waals surface area contributed by atoms with Crippen molar-refractivity contribution in [2.24, 2.45) is 0 Å². The maximum absolute atomic E-state index is 11.3. The lowest BCUT2D eigenvalue weighted by Gasteiger charge is -2.29. The van der Waals surface area contributed by atoms with Gasteiger partial charge in [0.2, 0.25) is 0 Å². The van der Waals surface area contributed by atoms with Gasteiger partial charge >= 0.3 is 5.97 Å². The van der Waals surface area contributed by atoms with E-state index < -0.39 is 0 Å². The van der Waals surface area contributed by atoms with Crippen molar-refractivity contribution in [3.63, 3.8) is 0 Å². The molecule has 0 saturated heterocycles. The Labute approximate surface area is 136 Å². The van der Waals surface area contributed by atoms with Crippen LogP contribution in [-0.4, -0.2) is 13.1 Å². The van der Waals surface area contributed by atoms with Gasteiger partial charge in [0.15, 0.2) is 0 Å². The van der Waals surface area contributed by atoms with Gasteiger partial charge in [-0.1, -0.05) is 30.3 Å². The number of benzene rings is 2. The Kier molecular flexibility index (Phi) is 4.24. The number of rotatable bonds is 3. The van der Waals surface area contributed by atoms with Crippen LogP contribution in [0, 0.1) is 6.92 Å². The Bertz CT molecular complexity index is 722. The average Bonchev–Trinajstić information content (AvgIpc) is 2.56. The van der Waals surface area contributed by atoms with Gasteiger partial charge in [-0.3, -0.25) is 4.79 Å². The molecule has 2 aromatic rings.